The largest absolute Gasteiger partial charge is 0.508 e. The van der Waals surface area contributed by atoms with Gasteiger partial charge in [-0.05, 0) is 68.8 Å². The monoisotopic (exact) mass is 514 g/mol. The molecule has 2 saturated heterocycles. The van der Waals surface area contributed by atoms with Gasteiger partial charge in [0.25, 0.3) is 5.91 Å². The molecule has 2 aromatic carbocycles. The van der Waals surface area contributed by atoms with E-state index in [4.69, 9.17) is 0 Å². The number of amides is 2. The lowest BCUT2D eigenvalue weighted by Crippen LogP contribution is -2.64. The van der Waals surface area contributed by atoms with Crippen LogP contribution >= 0.6 is 0 Å². The highest BCUT2D eigenvalue weighted by molar-refractivity contribution is 5.95. The van der Waals surface area contributed by atoms with Crippen LogP contribution in [0.15, 0.2) is 48.5 Å². The minimum atomic E-state index is -0.197. The maximum atomic E-state index is 13.1. The number of phenols is 1. The van der Waals surface area contributed by atoms with Crippen LogP contribution in [0.3, 0.4) is 0 Å². The zero-order valence-electron chi connectivity index (χ0n) is 22.4. The van der Waals surface area contributed by atoms with Gasteiger partial charge in [-0.25, -0.2) is 0 Å². The first-order valence-electron chi connectivity index (χ1n) is 13.7. The lowest BCUT2D eigenvalue weighted by molar-refractivity contribution is -0.144. The zero-order chi connectivity index (χ0) is 26.7. The van der Waals surface area contributed by atoms with Crippen LogP contribution in [-0.4, -0.2) is 79.1 Å². The number of hydrogen-bond donors (Lipinski definition) is 2. The number of carbonyl (C=O) groups excluding carboxylic acids is 2. The molecule has 1 saturated carbocycles. The summed E-state index contributed by atoms with van der Waals surface area (Å²) in [5, 5.41) is 12.9. The molecule has 2 amide bonds. The summed E-state index contributed by atoms with van der Waals surface area (Å²) in [6.45, 7) is 7.25. The number of likely N-dealkylation sites (tertiary alicyclic amines) is 1. The minimum absolute atomic E-state index is 0.0309. The van der Waals surface area contributed by atoms with Crippen molar-refractivity contribution < 1.29 is 14.7 Å². The Labute approximate surface area is 225 Å². The van der Waals surface area contributed by atoms with E-state index >= 15 is 0 Å². The summed E-state index contributed by atoms with van der Waals surface area (Å²) in [6.07, 6.45) is 3.36. The van der Waals surface area contributed by atoms with E-state index in [1.165, 1.54) is 5.69 Å². The number of phenolic OH excluding ortho intramolecular Hbond substituents is 1. The summed E-state index contributed by atoms with van der Waals surface area (Å²) in [5.74, 6) is 6.16. The first kappa shape index (κ1) is 26.1. The third-order valence-electron chi connectivity index (χ3n) is 8.57. The van der Waals surface area contributed by atoms with Crippen LogP contribution in [0.2, 0.25) is 0 Å². The second kappa shape index (κ2) is 11.1. The van der Waals surface area contributed by atoms with Crippen molar-refractivity contribution >= 4 is 17.5 Å². The van der Waals surface area contributed by atoms with Crippen LogP contribution in [0, 0.1) is 17.3 Å². The highest BCUT2D eigenvalue weighted by atomic mass is 16.3. The number of piperazine rings is 1. The second-order valence-electron chi connectivity index (χ2n) is 11.1. The molecule has 2 N–H and O–H groups in total. The van der Waals surface area contributed by atoms with Gasteiger partial charge in [0.05, 0.1) is 5.92 Å². The molecule has 2 atom stereocenters. The van der Waals surface area contributed by atoms with Crippen LogP contribution in [0.4, 0.5) is 5.69 Å². The van der Waals surface area contributed by atoms with Crippen molar-refractivity contribution in [1.29, 1.82) is 0 Å². The third kappa shape index (κ3) is 5.51. The Kier molecular flexibility index (Phi) is 7.62. The molecule has 7 nitrogen and oxygen atoms in total. The third-order valence-corrected chi connectivity index (χ3v) is 8.57. The number of likely N-dealkylation sites (N-methyl/N-ethyl adjacent to an activating group) is 1. The lowest BCUT2D eigenvalue weighted by atomic mass is 9.74. The second-order valence-corrected chi connectivity index (χ2v) is 11.1. The molecule has 0 bridgehead atoms. The Morgan fingerprint density at radius 3 is 2.39 bits per heavy atom. The maximum absolute atomic E-state index is 13.1. The molecule has 7 heteroatoms. The van der Waals surface area contributed by atoms with Crippen LogP contribution in [0.1, 0.15) is 54.4 Å². The Balaban J connectivity index is 1.16. The first-order chi connectivity index (χ1) is 18.4. The first-order valence-corrected chi connectivity index (χ1v) is 13.7. The SMILES string of the molecule is CC#C[C@@H](CC(=O)N1CC2(CCCC2NC(=O)c2ccc(N3CCN(C)CC3)cc2)C1)c1ccc(O)cc1. The Bertz CT molecular complexity index is 1200. The Morgan fingerprint density at radius 2 is 1.74 bits per heavy atom. The molecule has 2 aromatic rings. The Morgan fingerprint density at radius 1 is 1.05 bits per heavy atom. The highest BCUT2D eigenvalue weighted by Crippen LogP contribution is 2.46. The number of carbonyl (C=O) groups is 2. The number of benzene rings is 2. The van der Waals surface area contributed by atoms with E-state index in [0.717, 1.165) is 51.0 Å². The molecule has 1 aliphatic carbocycles. The summed E-state index contributed by atoms with van der Waals surface area (Å²) in [6, 6.07) is 15.0. The van der Waals surface area contributed by atoms with Gasteiger partial charge in [-0.15, -0.1) is 5.92 Å². The number of anilines is 1. The Hall–Kier alpha value is -3.50. The van der Waals surface area contributed by atoms with E-state index in [1.54, 1.807) is 19.1 Å². The van der Waals surface area contributed by atoms with E-state index in [-0.39, 0.29) is 34.9 Å². The number of aromatic hydroxyl groups is 1. The molecule has 0 radical (unpaired) electrons. The smallest absolute Gasteiger partial charge is 0.251 e. The zero-order valence-corrected chi connectivity index (χ0v) is 22.4. The van der Waals surface area contributed by atoms with Gasteiger partial charge in [0.15, 0.2) is 0 Å². The predicted molar refractivity (Wildman–Crippen MR) is 149 cm³/mol. The molecule has 2 aliphatic heterocycles. The van der Waals surface area contributed by atoms with Crippen LogP contribution in [-0.2, 0) is 4.79 Å². The van der Waals surface area contributed by atoms with E-state index < -0.39 is 0 Å². The molecule has 1 unspecified atom stereocenters. The van der Waals surface area contributed by atoms with E-state index in [9.17, 15) is 14.7 Å². The standard InChI is InChI=1S/C31H38N4O3/c1-3-5-25(23-9-13-27(36)14-10-23)20-29(37)35-21-31(22-35)15-4-6-28(31)32-30(38)24-7-11-26(12-8-24)34-18-16-33(2)17-19-34/h7-14,25,28,36H,4,6,15-22H2,1-2H3,(H,32,38)/t25-,28?/m0/s1. The van der Waals surface area contributed by atoms with Gasteiger partial charge in [-0.1, -0.05) is 24.5 Å². The molecular formula is C31H38N4O3. The van der Waals surface area contributed by atoms with Crippen molar-refractivity contribution in [2.24, 2.45) is 5.41 Å². The van der Waals surface area contributed by atoms with Crippen molar-refractivity contribution in [3.63, 3.8) is 0 Å². The average molecular weight is 515 g/mol. The summed E-state index contributed by atoms with van der Waals surface area (Å²) >= 11 is 0. The van der Waals surface area contributed by atoms with Gasteiger partial charge in [0, 0.05) is 68.4 Å². The number of hydrogen-bond acceptors (Lipinski definition) is 5. The van der Waals surface area contributed by atoms with Gasteiger partial charge in [-0.3, -0.25) is 9.59 Å². The molecule has 200 valence electrons. The molecule has 2 heterocycles. The maximum Gasteiger partial charge on any atom is 0.251 e. The lowest BCUT2D eigenvalue weighted by Gasteiger charge is -2.51. The quantitative estimate of drug-likeness (QED) is 0.578. The van der Waals surface area contributed by atoms with Crippen molar-refractivity contribution in [1.82, 2.24) is 15.1 Å². The van der Waals surface area contributed by atoms with Gasteiger partial charge < -0.3 is 25.1 Å². The van der Waals surface area contributed by atoms with Crippen LogP contribution in [0.5, 0.6) is 5.75 Å². The van der Waals surface area contributed by atoms with Crippen LogP contribution in [0.25, 0.3) is 0 Å². The van der Waals surface area contributed by atoms with Gasteiger partial charge in [0.2, 0.25) is 5.91 Å². The van der Waals surface area contributed by atoms with Gasteiger partial charge >= 0.3 is 0 Å². The van der Waals surface area contributed by atoms with Crippen molar-refractivity contribution in [3.8, 4) is 17.6 Å². The molecule has 3 aliphatic rings. The summed E-state index contributed by atoms with van der Waals surface area (Å²) in [5.41, 5.74) is 2.76. The van der Waals surface area contributed by atoms with E-state index in [0.29, 0.717) is 25.1 Å². The van der Waals surface area contributed by atoms with Crippen molar-refractivity contribution in [3.05, 3.63) is 59.7 Å². The normalized spacial score (nSPS) is 21.4. The predicted octanol–water partition coefficient (Wildman–Crippen LogP) is 3.45. The minimum Gasteiger partial charge on any atom is -0.508 e. The number of nitrogens with zero attached hydrogens (tertiary/aromatic N) is 3. The highest BCUT2D eigenvalue weighted by Gasteiger charge is 2.53. The summed E-state index contributed by atoms with van der Waals surface area (Å²) < 4.78 is 0. The fraction of sp³-hybridized carbons (Fsp3) is 0.484. The fourth-order valence-electron chi connectivity index (χ4n) is 6.20. The van der Waals surface area contributed by atoms with Gasteiger partial charge in [0.1, 0.15) is 5.75 Å². The number of nitrogens with one attached hydrogen (secondary N) is 1. The van der Waals surface area contributed by atoms with E-state index in [1.807, 2.05) is 29.2 Å². The topological polar surface area (TPSA) is 76.1 Å². The number of rotatable bonds is 6. The van der Waals surface area contributed by atoms with E-state index in [2.05, 4.69) is 46.1 Å². The average Bonchev–Trinajstić information content (AvgIpc) is 3.32. The van der Waals surface area contributed by atoms with Crippen molar-refractivity contribution in [2.75, 3.05) is 51.2 Å². The molecule has 38 heavy (non-hydrogen) atoms. The van der Waals surface area contributed by atoms with Crippen molar-refractivity contribution in [2.45, 2.75) is 44.6 Å². The van der Waals surface area contributed by atoms with Gasteiger partial charge in [-0.2, -0.15) is 0 Å². The summed E-state index contributed by atoms with van der Waals surface area (Å²) in [4.78, 5) is 32.9. The van der Waals surface area contributed by atoms with Crippen LogP contribution < -0.4 is 10.2 Å². The molecule has 5 rings (SSSR count). The fourth-order valence-corrected chi connectivity index (χ4v) is 6.20. The molecule has 0 aromatic heterocycles. The summed E-state index contributed by atoms with van der Waals surface area (Å²) in [7, 11) is 2.15. The molecule has 3 fully saturated rings. The molecular weight excluding hydrogens is 476 g/mol. The molecule has 1 spiro atoms.